The van der Waals surface area contributed by atoms with E-state index in [4.69, 9.17) is 0 Å². The first-order chi connectivity index (χ1) is 8.84. The zero-order chi connectivity index (χ0) is 14.9. The van der Waals surface area contributed by atoms with Crippen molar-refractivity contribution in [2.24, 2.45) is 0 Å². The number of nitrogens with one attached hydrogen (secondary N) is 1. The molecule has 7 heteroatoms. The van der Waals surface area contributed by atoms with Crippen LogP contribution in [0.5, 0.6) is 0 Å². The largest absolute Gasteiger partial charge is 0.405 e. The van der Waals surface area contributed by atoms with Crippen molar-refractivity contribution in [1.29, 1.82) is 0 Å². The van der Waals surface area contributed by atoms with Crippen LogP contribution in [0.3, 0.4) is 0 Å². The minimum absolute atomic E-state index is 0.405. The number of urea groups is 1. The van der Waals surface area contributed by atoms with E-state index in [1.54, 1.807) is 6.92 Å². The molecule has 0 aromatic rings. The summed E-state index contributed by atoms with van der Waals surface area (Å²) in [6.45, 7) is 8.16. The first kappa shape index (κ1) is 18.0. The second-order valence-corrected chi connectivity index (χ2v) is 4.23. The number of rotatable bonds is 8. The predicted molar refractivity (Wildman–Crippen MR) is 69.1 cm³/mol. The summed E-state index contributed by atoms with van der Waals surface area (Å²) in [4.78, 5) is 15.1. The van der Waals surface area contributed by atoms with Gasteiger partial charge in [0.2, 0.25) is 0 Å². The van der Waals surface area contributed by atoms with E-state index in [0.29, 0.717) is 13.1 Å². The molecule has 0 aromatic heterocycles. The van der Waals surface area contributed by atoms with Crippen LogP contribution in [0.15, 0.2) is 0 Å². The van der Waals surface area contributed by atoms with E-state index in [9.17, 15) is 18.0 Å². The molecule has 1 N–H and O–H groups in total. The van der Waals surface area contributed by atoms with Gasteiger partial charge in [-0.2, -0.15) is 13.2 Å². The molecule has 0 fully saturated rings. The molecular formula is C12H24F3N3O. The molecular weight excluding hydrogens is 259 g/mol. The van der Waals surface area contributed by atoms with Gasteiger partial charge < -0.3 is 15.1 Å². The first-order valence-electron chi connectivity index (χ1n) is 6.65. The number of carbonyl (C=O) groups excluding carboxylic acids is 1. The van der Waals surface area contributed by atoms with Crippen LogP contribution in [0.4, 0.5) is 18.0 Å². The van der Waals surface area contributed by atoms with Crippen molar-refractivity contribution in [1.82, 2.24) is 15.1 Å². The lowest BCUT2D eigenvalue weighted by Crippen LogP contribution is -2.44. The van der Waals surface area contributed by atoms with Gasteiger partial charge in [0, 0.05) is 13.1 Å². The van der Waals surface area contributed by atoms with Crippen LogP contribution in [-0.4, -0.2) is 61.3 Å². The molecule has 0 heterocycles. The fraction of sp³-hybridized carbons (Fsp3) is 0.917. The van der Waals surface area contributed by atoms with Crippen LogP contribution in [0.25, 0.3) is 0 Å². The Kier molecular flexibility index (Phi) is 8.54. The highest BCUT2D eigenvalue weighted by atomic mass is 19.4. The van der Waals surface area contributed by atoms with E-state index in [1.165, 1.54) is 4.90 Å². The number of hydrogen-bond donors (Lipinski definition) is 1. The topological polar surface area (TPSA) is 35.6 Å². The number of carbonyl (C=O) groups is 1. The maximum atomic E-state index is 12.0. The molecule has 4 nitrogen and oxygen atoms in total. The number of alkyl halides is 3. The first-order valence-corrected chi connectivity index (χ1v) is 6.65. The Bertz CT molecular complexity index is 255. The summed E-state index contributed by atoms with van der Waals surface area (Å²) in [6, 6.07) is -0.653. The molecule has 0 spiro atoms. The molecule has 0 saturated carbocycles. The predicted octanol–water partition coefficient (Wildman–Crippen LogP) is 2.31. The fourth-order valence-corrected chi connectivity index (χ4v) is 1.72. The lowest BCUT2D eigenvalue weighted by atomic mass is 10.3. The Morgan fingerprint density at radius 2 is 1.63 bits per heavy atom. The lowest BCUT2D eigenvalue weighted by molar-refractivity contribution is -0.123. The third-order valence-electron chi connectivity index (χ3n) is 2.91. The molecule has 114 valence electrons. The molecule has 2 amide bonds. The average molecular weight is 283 g/mol. The summed E-state index contributed by atoms with van der Waals surface area (Å²) in [5.74, 6) is 0. The Balaban J connectivity index is 4.02. The second kappa shape index (κ2) is 9.01. The summed E-state index contributed by atoms with van der Waals surface area (Å²) >= 11 is 0. The van der Waals surface area contributed by atoms with Crippen molar-refractivity contribution in [3.63, 3.8) is 0 Å². The highest BCUT2D eigenvalue weighted by molar-refractivity contribution is 5.74. The molecule has 0 bridgehead atoms. The average Bonchev–Trinajstić information content (AvgIpc) is 2.35. The van der Waals surface area contributed by atoms with Crippen LogP contribution in [0, 0.1) is 0 Å². The zero-order valence-corrected chi connectivity index (χ0v) is 11.9. The summed E-state index contributed by atoms with van der Waals surface area (Å²) in [5, 5.41) is 1.89. The van der Waals surface area contributed by atoms with E-state index in [-0.39, 0.29) is 0 Å². The van der Waals surface area contributed by atoms with Gasteiger partial charge in [0.05, 0.1) is 0 Å². The maximum absolute atomic E-state index is 12.0. The standard InChI is InChI=1S/C12H24F3N3O/c1-4-17(5-2)8-7-9-18(6-3)11(19)16-10-12(13,14)15/h4-10H2,1-3H3,(H,16,19). The molecule has 0 aromatic carbocycles. The summed E-state index contributed by atoms with van der Waals surface area (Å²) < 4.78 is 36.0. The van der Waals surface area contributed by atoms with E-state index in [0.717, 1.165) is 26.1 Å². The van der Waals surface area contributed by atoms with Gasteiger partial charge in [-0.05, 0) is 33.0 Å². The molecule has 0 aliphatic rings. The van der Waals surface area contributed by atoms with Crippen molar-refractivity contribution < 1.29 is 18.0 Å². The van der Waals surface area contributed by atoms with Crippen LogP contribution in [-0.2, 0) is 0 Å². The molecule has 0 atom stereocenters. The highest BCUT2D eigenvalue weighted by Crippen LogP contribution is 2.12. The van der Waals surface area contributed by atoms with Crippen LogP contribution in [0.2, 0.25) is 0 Å². The third-order valence-corrected chi connectivity index (χ3v) is 2.91. The maximum Gasteiger partial charge on any atom is 0.405 e. The van der Waals surface area contributed by atoms with Crippen molar-refractivity contribution in [2.75, 3.05) is 39.3 Å². The smallest absolute Gasteiger partial charge is 0.329 e. The molecule has 0 saturated heterocycles. The summed E-state index contributed by atoms with van der Waals surface area (Å²) in [5.41, 5.74) is 0. The Hall–Kier alpha value is -0.980. The quantitative estimate of drug-likeness (QED) is 0.742. The van der Waals surface area contributed by atoms with Crippen molar-refractivity contribution >= 4 is 6.03 Å². The number of amides is 2. The Labute approximate surface area is 112 Å². The minimum atomic E-state index is -4.36. The van der Waals surface area contributed by atoms with Gasteiger partial charge in [0.1, 0.15) is 6.54 Å². The van der Waals surface area contributed by atoms with Crippen molar-refractivity contribution in [3.05, 3.63) is 0 Å². The summed E-state index contributed by atoms with van der Waals surface area (Å²) in [6.07, 6.45) is -3.61. The Morgan fingerprint density at radius 1 is 1.05 bits per heavy atom. The number of halogens is 3. The molecule has 0 aliphatic heterocycles. The zero-order valence-electron chi connectivity index (χ0n) is 11.9. The lowest BCUT2D eigenvalue weighted by Gasteiger charge is -2.24. The molecule has 0 radical (unpaired) electrons. The monoisotopic (exact) mass is 283 g/mol. The van der Waals surface area contributed by atoms with Crippen LogP contribution < -0.4 is 5.32 Å². The molecule has 0 unspecified atom stereocenters. The van der Waals surface area contributed by atoms with Crippen LogP contribution in [0.1, 0.15) is 27.2 Å². The van der Waals surface area contributed by atoms with Gasteiger partial charge >= 0.3 is 12.2 Å². The SMILES string of the molecule is CCN(CC)CCCN(CC)C(=O)NCC(F)(F)F. The van der Waals surface area contributed by atoms with Crippen molar-refractivity contribution in [3.8, 4) is 0 Å². The van der Waals surface area contributed by atoms with Gasteiger partial charge in [-0.25, -0.2) is 4.79 Å². The van der Waals surface area contributed by atoms with E-state index < -0.39 is 18.8 Å². The third kappa shape index (κ3) is 8.69. The van der Waals surface area contributed by atoms with E-state index >= 15 is 0 Å². The van der Waals surface area contributed by atoms with E-state index in [1.807, 2.05) is 5.32 Å². The van der Waals surface area contributed by atoms with Crippen molar-refractivity contribution in [2.45, 2.75) is 33.4 Å². The highest BCUT2D eigenvalue weighted by Gasteiger charge is 2.28. The van der Waals surface area contributed by atoms with E-state index in [2.05, 4.69) is 18.7 Å². The van der Waals surface area contributed by atoms with Gasteiger partial charge in [-0.15, -0.1) is 0 Å². The second-order valence-electron chi connectivity index (χ2n) is 4.23. The minimum Gasteiger partial charge on any atom is -0.329 e. The summed E-state index contributed by atoms with van der Waals surface area (Å²) in [7, 11) is 0. The molecule has 19 heavy (non-hydrogen) atoms. The normalized spacial score (nSPS) is 11.7. The Morgan fingerprint density at radius 3 is 2.05 bits per heavy atom. The number of hydrogen-bond acceptors (Lipinski definition) is 2. The van der Waals surface area contributed by atoms with Gasteiger partial charge in [0.15, 0.2) is 0 Å². The van der Waals surface area contributed by atoms with Crippen LogP contribution >= 0.6 is 0 Å². The fourth-order valence-electron chi connectivity index (χ4n) is 1.72. The van der Waals surface area contributed by atoms with Gasteiger partial charge in [0.25, 0.3) is 0 Å². The molecule has 0 aliphatic carbocycles. The number of nitrogens with zero attached hydrogens (tertiary/aromatic N) is 2. The van der Waals surface area contributed by atoms with Gasteiger partial charge in [-0.1, -0.05) is 13.8 Å². The molecule has 0 rings (SSSR count). The van der Waals surface area contributed by atoms with Gasteiger partial charge in [-0.3, -0.25) is 0 Å².